The molecule has 0 spiro atoms. The van der Waals surface area contributed by atoms with E-state index in [1.165, 1.54) is 6.20 Å². The van der Waals surface area contributed by atoms with E-state index in [1.807, 2.05) is 12.1 Å². The Labute approximate surface area is 98.6 Å². The first kappa shape index (κ1) is 10.9. The number of anilines is 2. The van der Waals surface area contributed by atoms with Crippen LogP contribution in [0.15, 0.2) is 36.5 Å². The van der Waals surface area contributed by atoms with Gasteiger partial charge in [-0.3, -0.25) is 0 Å². The minimum Gasteiger partial charge on any atom is -0.508 e. The van der Waals surface area contributed by atoms with Crippen LogP contribution in [0.3, 0.4) is 0 Å². The van der Waals surface area contributed by atoms with E-state index in [9.17, 15) is 5.11 Å². The van der Waals surface area contributed by atoms with Gasteiger partial charge in [0.2, 0.25) is 5.95 Å². The molecule has 0 aliphatic rings. The highest BCUT2D eigenvalue weighted by Crippen LogP contribution is 2.23. The summed E-state index contributed by atoms with van der Waals surface area (Å²) in [5.74, 6) is 0.584. The molecule has 2 aromatic rings. The third-order valence-corrected chi connectivity index (χ3v) is 2.27. The molecule has 84 valence electrons. The second-order valence-electron chi connectivity index (χ2n) is 3.43. The molecular weight excluding hydrogens is 216 g/mol. The maximum absolute atomic E-state index is 9.39. The number of benzene rings is 1. The summed E-state index contributed by atoms with van der Waals surface area (Å²) in [4.78, 5) is 9.84. The molecule has 0 saturated heterocycles. The van der Waals surface area contributed by atoms with Gasteiger partial charge in [0.15, 0.2) is 0 Å². The molecule has 1 N–H and O–H groups in total. The van der Waals surface area contributed by atoms with Gasteiger partial charge in [-0.25, -0.2) is 9.97 Å². The van der Waals surface area contributed by atoms with Crippen LogP contribution in [0.1, 0.15) is 5.69 Å². The van der Waals surface area contributed by atoms with Gasteiger partial charge in [-0.15, -0.1) is 0 Å². The predicted molar refractivity (Wildman–Crippen MR) is 62.9 cm³/mol. The van der Waals surface area contributed by atoms with Crippen LogP contribution in [0.2, 0.25) is 0 Å². The second kappa shape index (κ2) is 4.49. The Morgan fingerprint density at radius 3 is 2.88 bits per heavy atom. The molecule has 1 aromatic carbocycles. The minimum absolute atomic E-state index is 0.172. The SMILES string of the molecule is CN(c1cccc(O)c1)c1nccc(C#N)n1. The largest absolute Gasteiger partial charge is 0.508 e. The van der Waals surface area contributed by atoms with Crippen molar-refractivity contribution >= 4 is 11.6 Å². The van der Waals surface area contributed by atoms with Crippen LogP contribution in [0.5, 0.6) is 5.75 Å². The highest BCUT2D eigenvalue weighted by atomic mass is 16.3. The number of aromatic nitrogens is 2. The number of nitrogens with zero attached hydrogens (tertiary/aromatic N) is 4. The Hall–Kier alpha value is -2.61. The molecule has 0 bridgehead atoms. The summed E-state index contributed by atoms with van der Waals surface area (Å²) in [6.45, 7) is 0. The van der Waals surface area contributed by atoms with Crippen LogP contribution in [-0.2, 0) is 0 Å². The van der Waals surface area contributed by atoms with Gasteiger partial charge in [0.1, 0.15) is 17.5 Å². The Kier molecular flexibility index (Phi) is 2.88. The fourth-order valence-electron chi connectivity index (χ4n) is 1.39. The first-order valence-electron chi connectivity index (χ1n) is 4.96. The van der Waals surface area contributed by atoms with Crippen LogP contribution in [0.25, 0.3) is 0 Å². The lowest BCUT2D eigenvalue weighted by Crippen LogP contribution is -2.13. The first-order valence-corrected chi connectivity index (χ1v) is 4.96. The number of phenolic OH excluding ortho intramolecular Hbond substituents is 1. The third kappa shape index (κ3) is 2.32. The van der Waals surface area contributed by atoms with Gasteiger partial charge in [-0.2, -0.15) is 5.26 Å². The summed E-state index contributed by atoms with van der Waals surface area (Å²) in [5, 5.41) is 18.1. The van der Waals surface area contributed by atoms with Crippen LogP contribution in [0.4, 0.5) is 11.6 Å². The van der Waals surface area contributed by atoms with Crippen LogP contribution >= 0.6 is 0 Å². The summed E-state index contributed by atoms with van der Waals surface area (Å²) in [6, 6.07) is 10.2. The smallest absolute Gasteiger partial charge is 0.230 e. The van der Waals surface area contributed by atoms with E-state index in [0.29, 0.717) is 11.6 Å². The molecule has 5 nitrogen and oxygen atoms in total. The Morgan fingerprint density at radius 2 is 2.18 bits per heavy atom. The number of nitriles is 1. The van der Waals surface area contributed by atoms with Crippen molar-refractivity contribution in [1.29, 1.82) is 5.26 Å². The van der Waals surface area contributed by atoms with Gasteiger partial charge in [-0.1, -0.05) is 6.07 Å². The van der Waals surface area contributed by atoms with E-state index in [0.717, 1.165) is 5.69 Å². The normalized spacial score (nSPS) is 9.65. The van der Waals surface area contributed by atoms with Crippen LogP contribution in [-0.4, -0.2) is 22.1 Å². The average Bonchev–Trinajstić information content (AvgIpc) is 2.38. The summed E-state index contributed by atoms with van der Waals surface area (Å²) in [7, 11) is 1.77. The standard InChI is InChI=1S/C12H10N4O/c1-16(10-3-2-4-11(17)7-10)12-14-6-5-9(8-13)15-12/h2-7,17H,1H3. The van der Waals surface area contributed by atoms with E-state index in [2.05, 4.69) is 9.97 Å². The molecule has 1 aromatic heterocycles. The zero-order chi connectivity index (χ0) is 12.3. The molecule has 0 aliphatic heterocycles. The van der Waals surface area contributed by atoms with Crippen molar-refractivity contribution in [3.8, 4) is 11.8 Å². The zero-order valence-corrected chi connectivity index (χ0v) is 9.20. The lowest BCUT2D eigenvalue weighted by atomic mass is 10.3. The maximum atomic E-state index is 9.39. The Bertz CT molecular complexity index is 577. The molecule has 0 aliphatic carbocycles. The molecule has 17 heavy (non-hydrogen) atoms. The Balaban J connectivity index is 2.37. The van der Waals surface area contributed by atoms with Crippen molar-refractivity contribution in [3.05, 3.63) is 42.2 Å². The topological polar surface area (TPSA) is 73.0 Å². The van der Waals surface area contributed by atoms with Gasteiger partial charge in [0, 0.05) is 25.0 Å². The van der Waals surface area contributed by atoms with Gasteiger partial charge in [0.05, 0.1) is 0 Å². The lowest BCUT2D eigenvalue weighted by Gasteiger charge is -2.16. The molecule has 0 unspecified atom stereocenters. The summed E-state index contributed by atoms with van der Waals surface area (Å²) >= 11 is 0. The van der Waals surface area contributed by atoms with E-state index in [4.69, 9.17) is 5.26 Å². The first-order chi connectivity index (χ1) is 8.20. The van der Waals surface area contributed by atoms with Crippen molar-refractivity contribution < 1.29 is 5.11 Å². The van der Waals surface area contributed by atoms with Crippen molar-refractivity contribution in [3.63, 3.8) is 0 Å². The second-order valence-corrected chi connectivity index (χ2v) is 3.43. The highest BCUT2D eigenvalue weighted by molar-refractivity contribution is 5.58. The summed E-state index contributed by atoms with van der Waals surface area (Å²) in [5.41, 5.74) is 1.06. The molecule has 0 radical (unpaired) electrons. The van der Waals surface area contributed by atoms with Crippen LogP contribution < -0.4 is 4.90 Å². The fourth-order valence-corrected chi connectivity index (χ4v) is 1.39. The average molecular weight is 226 g/mol. The monoisotopic (exact) mass is 226 g/mol. The van der Waals surface area contributed by atoms with Crippen molar-refractivity contribution in [2.45, 2.75) is 0 Å². The number of rotatable bonds is 2. The van der Waals surface area contributed by atoms with Gasteiger partial charge < -0.3 is 10.0 Å². The molecule has 0 saturated carbocycles. The number of aromatic hydroxyl groups is 1. The molecule has 0 fully saturated rings. The molecule has 1 heterocycles. The number of phenols is 1. The van der Waals surface area contributed by atoms with E-state index in [1.54, 1.807) is 36.2 Å². The minimum atomic E-state index is 0.172. The maximum Gasteiger partial charge on any atom is 0.230 e. The summed E-state index contributed by atoms with van der Waals surface area (Å²) in [6.07, 6.45) is 1.53. The van der Waals surface area contributed by atoms with E-state index < -0.39 is 0 Å². The molecular formula is C12H10N4O. The van der Waals surface area contributed by atoms with Gasteiger partial charge in [0.25, 0.3) is 0 Å². The molecule has 5 heteroatoms. The highest BCUT2D eigenvalue weighted by Gasteiger charge is 2.07. The number of hydrogen-bond acceptors (Lipinski definition) is 5. The van der Waals surface area contributed by atoms with Gasteiger partial charge in [-0.05, 0) is 18.2 Å². The number of hydrogen-bond donors (Lipinski definition) is 1. The molecule has 0 atom stereocenters. The van der Waals surface area contributed by atoms with E-state index in [-0.39, 0.29) is 5.75 Å². The predicted octanol–water partition coefficient (Wildman–Crippen LogP) is 1.82. The molecule has 2 rings (SSSR count). The fraction of sp³-hybridized carbons (Fsp3) is 0.0833. The van der Waals surface area contributed by atoms with Crippen molar-refractivity contribution in [2.24, 2.45) is 0 Å². The van der Waals surface area contributed by atoms with Crippen molar-refractivity contribution in [2.75, 3.05) is 11.9 Å². The quantitative estimate of drug-likeness (QED) is 0.845. The van der Waals surface area contributed by atoms with Crippen molar-refractivity contribution in [1.82, 2.24) is 9.97 Å². The van der Waals surface area contributed by atoms with Gasteiger partial charge >= 0.3 is 0 Å². The van der Waals surface area contributed by atoms with E-state index >= 15 is 0 Å². The lowest BCUT2D eigenvalue weighted by molar-refractivity contribution is 0.475. The zero-order valence-electron chi connectivity index (χ0n) is 9.20. The van der Waals surface area contributed by atoms with Crippen LogP contribution in [0, 0.1) is 11.3 Å². The third-order valence-electron chi connectivity index (χ3n) is 2.27. The molecule has 0 amide bonds. The Morgan fingerprint density at radius 1 is 1.35 bits per heavy atom. The summed E-state index contributed by atoms with van der Waals surface area (Å²) < 4.78 is 0.